The maximum absolute atomic E-state index is 5.50. The topological polar surface area (TPSA) is 18.5 Å². The molecule has 2 heteroatoms. The van der Waals surface area contributed by atoms with E-state index in [1.807, 2.05) is 6.07 Å². The number of hydrogen-bond acceptors (Lipinski definition) is 2. The minimum Gasteiger partial charge on any atom is -0.493 e. The molecule has 2 rings (SSSR count). The van der Waals surface area contributed by atoms with Crippen LogP contribution in [0.3, 0.4) is 0 Å². The summed E-state index contributed by atoms with van der Waals surface area (Å²) in [6.45, 7) is 0. The van der Waals surface area contributed by atoms with E-state index in [0.29, 0.717) is 0 Å². The highest BCUT2D eigenvalue weighted by Gasteiger charge is 2.12. The molecule has 0 heterocycles. The molecule has 1 fully saturated rings. The van der Waals surface area contributed by atoms with Crippen molar-refractivity contribution < 1.29 is 9.47 Å². The van der Waals surface area contributed by atoms with Gasteiger partial charge < -0.3 is 9.47 Å². The van der Waals surface area contributed by atoms with Gasteiger partial charge in [-0.15, -0.1) is 0 Å². The second-order valence-corrected chi connectivity index (χ2v) is 6.61. The van der Waals surface area contributed by atoms with E-state index < -0.39 is 0 Å². The summed E-state index contributed by atoms with van der Waals surface area (Å²) in [5.41, 5.74) is 1.27. The summed E-state index contributed by atoms with van der Waals surface area (Å²) in [6, 6.07) is 6.18. The zero-order valence-electron chi connectivity index (χ0n) is 14.4. The van der Waals surface area contributed by atoms with E-state index in [1.165, 1.54) is 69.8 Å². The molecule has 1 saturated carbocycles. The van der Waals surface area contributed by atoms with Crippen molar-refractivity contribution in [3.05, 3.63) is 23.8 Å². The number of benzene rings is 1. The molecule has 0 saturated heterocycles. The highest BCUT2D eigenvalue weighted by atomic mass is 16.5. The van der Waals surface area contributed by atoms with E-state index in [9.17, 15) is 0 Å². The largest absolute Gasteiger partial charge is 0.493 e. The fraction of sp³-hybridized carbons (Fsp3) is 0.700. The predicted octanol–water partition coefficient (Wildman–Crippen LogP) is 5.78. The van der Waals surface area contributed by atoms with Crippen LogP contribution < -0.4 is 9.47 Å². The number of hydrogen-bond donors (Lipinski definition) is 0. The van der Waals surface area contributed by atoms with Crippen molar-refractivity contribution in [2.45, 2.75) is 70.6 Å². The van der Waals surface area contributed by atoms with Crippen LogP contribution in [0.25, 0.3) is 0 Å². The third kappa shape index (κ3) is 5.23. The van der Waals surface area contributed by atoms with Gasteiger partial charge in [0.2, 0.25) is 0 Å². The molecule has 0 N–H and O–H groups in total. The maximum Gasteiger partial charge on any atom is 0.163 e. The van der Waals surface area contributed by atoms with E-state index in [2.05, 4.69) is 12.1 Å². The molecule has 0 unspecified atom stereocenters. The van der Waals surface area contributed by atoms with Crippen molar-refractivity contribution in [1.82, 2.24) is 0 Å². The molecular formula is C20H32O2. The molecule has 0 amide bonds. The summed E-state index contributed by atoms with van der Waals surface area (Å²) in [6.07, 6.45) is 15.3. The maximum atomic E-state index is 5.50. The van der Waals surface area contributed by atoms with Crippen LogP contribution in [0.15, 0.2) is 18.2 Å². The van der Waals surface area contributed by atoms with Crippen molar-refractivity contribution >= 4 is 0 Å². The average Bonchev–Trinajstić information content (AvgIpc) is 2.58. The Bertz CT molecular complexity index is 422. The van der Waals surface area contributed by atoms with Gasteiger partial charge in [0.25, 0.3) is 0 Å². The first-order valence-electron chi connectivity index (χ1n) is 9.05. The van der Waals surface area contributed by atoms with Crippen LogP contribution in [0.4, 0.5) is 0 Å². The lowest BCUT2D eigenvalue weighted by atomic mass is 9.85. The van der Waals surface area contributed by atoms with Gasteiger partial charge in [0.05, 0.1) is 14.2 Å². The average molecular weight is 304 g/mol. The van der Waals surface area contributed by atoms with Crippen LogP contribution in [0, 0.1) is 5.92 Å². The van der Waals surface area contributed by atoms with E-state index in [-0.39, 0.29) is 0 Å². The van der Waals surface area contributed by atoms with Crippen LogP contribution in [0.5, 0.6) is 11.5 Å². The zero-order valence-corrected chi connectivity index (χ0v) is 14.4. The van der Waals surface area contributed by atoms with Crippen molar-refractivity contribution in [2.75, 3.05) is 14.2 Å². The molecule has 124 valence electrons. The van der Waals surface area contributed by atoms with E-state index >= 15 is 0 Å². The normalized spacial score (nSPS) is 15.7. The standard InChI is InChI=1S/C20H32O2/c1-21-19-16-10-15-18(20(19)22-2)14-9-4-3-6-11-17-12-7-5-8-13-17/h10,15-17H,3-9,11-14H2,1-2H3. The summed E-state index contributed by atoms with van der Waals surface area (Å²) in [4.78, 5) is 0. The fourth-order valence-electron chi connectivity index (χ4n) is 3.73. The van der Waals surface area contributed by atoms with Crippen molar-refractivity contribution in [1.29, 1.82) is 0 Å². The minimum atomic E-state index is 0.845. The third-order valence-corrected chi connectivity index (χ3v) is 5.02. The molecule has 0 aliphatic heterocycles. The zero-order chi connectivity index (χ0) is 15.6. The number of unbranched alkanes of at least 4 members (excludes halogenated alkanes) is 3. The van der Waals surface area contributed by atoms with Crippen molar-refractivity contribution in [3.8, 4) is 11.5 Å². The molecular weight excluding hydrogens is 272 g/mol. The first-order valence-corrected chi connectivity index (χ1v) is 9.05. The number of methoxy groups -OCH3 is 2. The molecule has 0 spiro atoms. The Hall–Kier alpha value is -1.18. The Morgan fingerprint density at radius 2 is 1.68 bits per heavy atom. The van der Waals surface area contributed by atoms with Crippen LogP contribution in [0.2, 0.25) is 0 Å². The Morgan fingerprint density at radius 1 is 0.909 bits per heavy atom. The molecule has 0 aromatic heterocycles. The van der Waals surface area contributed by atoms with Gasteiger partial charge >= 0.3 is 0 Å². The van der Waals surface area contributed by atoms with Crippen molar-refractivity contribution in [2.24, 2.45) is 5.92 Å². The molecule has 0 radical (unpaired) electrons. The summed E-state index contributed by atoms with van der Waals surface area (Å²) in [5.74, 6) is 2.79. The van der Waals surface area contributed by atoms with Gasteiger partial charge in [-0.1, -0.05) is 69.9 Å². The fourth-order valence-corrected chi connectivity index (χ4v) is 3.73. The molecule has 1 aromatic carbocycles. The number of para-hydroxylation sites is 1. The monoisotopic (exact) mass is 304 g/mol. The lowest BCUT2D eigenvalue weighted by molar-refractivity contribution is 0.328. The quantitative estimate of drug-likeness (QED) is 0.539. The molecule has 1 aliphatic rings. The van der Waals surface area contributed by atoms with Gasteiger partial charge in [0.15, 0.2) is 11.5 Å². The SMILES string of the molecule is COc1cccc(CCCCCCC2CCCCC2)c1OC. The molecule has 0 atom stereocenters. The smallest absolute Gasteiger partial charge is 0.163 e. The molecule has 1 aromatic rings. The Morgan fingerprint density at radius 3 is 2.41 bits per heavy atom. The van der Waals surface area contributed by atoms with E-state index in [1.54, 1.807) is 14.2 Å². The second kappa shape index (κ2) is 9.76. The highest BCUT2D eigenvalue weighted by Crippen LogP contribution is 2.32. The van der Waals surface area contributed by atoms with Gasteiger partial charge in [-0.3, -0.25) is 0 Å². The summed E-state index contributed by atoms with van der Waals surface area (Å²) in [7, 11) is 3.43. The van der Waals surface area contributed by atoms with Gasteiger partial charge in [-0.05, 0) is 30.4 Å². The van der Waals surface area contributed by atoms with Gasteiger partial charge in [-0.2, -0.15) is 0 Å². The van der Waals surface area contributed by atoms with Crippen LogP contribution in [-0.4, -0.2) is 14.2 Å². The Labute approximate surface area is 136 Å². The second-order valence-electron chi connectivity index (χ2n) is 6.61. The molecule has 1 aliphatic carbocycles. The molecule has 0 bridgehead atoms. The van der Waals surface area contributed by atoms with Gasteiger partial charge in [-0.25, -0.2) is 0 Å². The molecule has 22 heavy (non-hydrogen) atoms. The predicted molar refractivity (Wildman–Crippen MR) is 92.9 cm³/mol. The number of aryl methyl sites for hydroxylation is 1. The Kier molecular flexibility index (Phi) is 7.62. The van der Waals surface area contributed by atoms with Crippen LogP contribution >= 0.6 is 0 Å². The minimum absolute atomic E-state index is 0.845. The first kappa shape index (κ1) is 17.2. The first-order chi connectivity index (χ1) is 10.8. The van der Waals surface area contributed by atoms with Gasteiger partial charge in [0, 0.05) is 0 Å². The summed E-state index contributed by atoms with van der Waals surface area (Å²) in [5, 5.41) is 0. The molecule has 2 nitrogen and oxygen atoms in total. The van der Waals surface area contributed by atoms with Crippen LogP contribution in [-0.2, 0) is 6.42 Å². The lowest BCUT2D eigenvalue weighted by Crippen LogP contribution is -2.05. The van der Waals surface area contributed by atoms with E-state index in [4.69, 9.17) is 9.47 Å². The number of ether oxygens (including phenoxy) is 2. The highest BCUT2D eigenvalue weighted by molar-refractivity contribution is 5.46. The van der Waals surface area contributed by atoms with Gasteiger partial charge in [0.1, 0.15) is 0 Å². The summed E-state index contributed by atoms with van der Waals surface area (Å²) >= 11 is 0. The van der Waals surface area contributed by atoms with E-state index in [0.717, 1.165) is 23.8 Å². The lowest BCUT2D eigenvalue weighted by Gasteiger charge is -2.21. The van der Waals surface area contributed by atoms with Crippen molar-refractivity contribution in [3.63, 3.8) is 0 Å². The summed E-state index contributed by atoms with van der Waals surface area (Å²) < 4.78 is 10.9. The Balaban J connectivity index is 1.64. The number of rotatable bonds is 9. The third-order valence-electron chi connectivity index (χ3n) is 5.02. The van der Waals surface area contributed by atoms with Crippen LogP contribution in [0.1, 0.15) is 69.8 Å².